The van der Waals surface area contributed by atoms with Gasteiger partial charge in [-0.1, -0.05) is 27.3 Å². The lowest BCUT2D eigenvalue weighted by molar-refractivity contribution is 0.960. The Bertz CT molecular complexity index is 744. The third-order valence-electron chi connectivity index (χ3n) is 2.86. The number of aromatic nitrogens is 3. The van der Waals surface area contributed by atoms with Crippen molar-refractivity contribution in [2.45, 2.75) is 6.92 Å². The number of fused-ring (bicyclic) bond motifs is 1. The number of imidazole rings is 1. The van der Waals surface area contributed by atoms with Crippen molar-refractivity contribution in [2.75, 3.05) is 5.73 Å². The van der Waals surface area contributed by atoms with Crippen molar-refractivity contribution >= 4 is 43.4 Å². The molecule has 0 aliphatic heterocycles. The predicted molar refractivity (Wildman–Crippen MR) is 78.7 cm³/mol. The highest BCUT2D eigenvalue weighted by Gasteiger charge is 2.15. The number of rotatable bonds is 1. The largest absolute Gasteiger partial charge is 0.375 e. The standard InChI is InChI=1S/C12H11BrN4S/c1-6-10(18-12(14)15-6)11-16-8-5-7(13)3-4-9(8)17(11)2/h3-5H,1-2H3,(H2,14,15). The Balaban J connectivity index is 2.30. The van der Waals surface area contributed by atoms with Crippen LogP contribution in [-0.2, 0) is 7.05 Å². The first-order chi connectivity index (χ1) is 8.56. The van der Waals surface area contributed by atoms with E-state index in [1.54, 1.807) is 0 Å². The quantitative estimate of drug-likeness (QED) is 0.747. The third-order valence-corrected chi connectivity index (χ3v) is 4.33. The fourth-order valence-corrected chi connectivity index (χ4v) is 3.21. The molecule has 92 valence electrons. The van der Waals surface area contributed by atoms with Gasteiger partial charge in [-0.3, -0.25) is 0 Å². The van der Waals surface area contributed by atoms with Crippen LogP contribution in [0.4, 0.5) is 5.13 Å². The van der Waals surface area contributed by atoms with E-state index in [4.69, 9.17) is 5.73 Å². The number of hydrogen-bond donors (Lipinski definition) is 1. The summed E-state index contributed by atoms with van der Waals surface area (Å²) in [6.07, 6.45) is 0. The summed E-state index contributed by atoms with van der Waals surface area (Å²) in [5.41, 5.74) is 8.74. The van der Waals surface area contributed by atoms with Crippen LogP contribution in [0.5, 0.6) is 0 Å². The van der Waals surface area contributed by atoms with Gasteiger partial charge in [0.25, 0.3) is 0 Å². The van der Waals surface area contributed by atoms with Crippen LogP contribution in [0.3, 0.4) is 0 Å². The number of benzene rings is 1. The molecule has 0 aliphatic carbocycles. The van der Waals surface area contributed by atoms with Gasteiger partial charge >= 0.3 is 0 Å². The van der Waals surface area contributed by atoms with Crippen LogP contribution < -0.4 is 5.73 Å². The first-order valence-corrected chi connectivity index (χ1v) is 7.02. The Hall–Kier alpha value is -1.40. The maximum Gasteiger partial charge on any atom is 0.180 e. The molecule has 2 N–H and O–H groups in total. The molecule has 0 amide bonds. The Morgan fingerprint density at radius 2 is 2.11 bits per heavy atom. The van der Waals surface area contributed by atoms with Gasteiger partial charge in [-0.2, -0.15) is 0 Å². The number of nitrogens with zero attached hydrogens (tertiary/aromatic N) is 3. The van der Waals surface area contributed by atoms with Gasteiger partial charge in [-0.15, -0.1) is 0 Å². The normalized spacial score (nSPS) is 11.3. The smallest absolute Gasteiger partial charge is 0.180 e. The van der Waals surface area contributed by atoms with E-state index in [1.165, 1.54) is 11.3 Å². The maximum atomic E-state index is 5.75. The lowest BCUT2D eigenvalue weighted by Crippen LogP contribution is -1.91. The summed E-state index contributed by atoms with van der Waals surface area (Å²) in [6, 6.07) is 6.08. The highest BCUT2D eigenvalue weighted by molar-refractivity contribution is 9.10. The Morgan fingerprint density at radius 3 is 2.78 bits per heavy atom. The summed E-state index contributed by atoms with van der Waals surface area (Å²) >= 11 is 4.93. The fraction of sp³-hybridized carbons (Fsp3) is 0.167. The zero-order valence-electron chi connectivity index (χ0n) is 9.94. The van der Waals surface area contributed by atoms with Crippen LogP contribution in [0.1, 0.15) is 5.69 Å². The molecule has 18 heavy (non-hydrogen) atoms. The zero-order chi connectivity index (χ0) is 12.9. The van der Waals surface area contributed by atoms with Gasteiger partial charge in [0, 0.05) is 11.5 Å². The van der Waals surface area contributed by atoms with Crippen molar-refractivity contribution < 1.29 is 0 Å². The molecule has 2 heterocycles. The minimum Gasteiger partial charge on any atom is -0.375 e. The van der Waals surface area contributed by atoms with E-state index in [-0.39, 0.29) is 0 Å². The number of thiazole rings is 1. The lowest BCUT2D eigenvalue weighted by Gasteiger charge is -1.99. The molecule has 0 unspecified atom stereocenters. The van der Waals surface area contributed by atoms with Gasteiger partial charge in [0.15, 0.2) is 11.0 Å². The summed E-state index contributed by atoms with van der Waals surface area (Å²) in [6.45, 7) is 1.96. The maximum absolute atomic E-state index is 5.75. The average molecular weight is 323 g/mol. The van der Waals surface area contributed by atoms with E-state index in [1.807, 2.05) is 26.1 Å². The van der Waals surface area contributed by atoms with Crippen molar-refractivity contribution in [3.63, 3.8) is 0 Å². The summed E-state index contributed by atoms with van der Waals surface area (Å²) in [4.78, 5) is 9.95. The van der Waals surface area contributed by atoms with Crippen molar-refractivity contribution in [1.29, 1.82) is 0 Å². The molecule has 2 aromatic heterocycles. The number of hydrogen-bond acceptors (Lipinski definition) is 4. The minimum atomic E-state index is 0.579. The summed E-state index contributed by atoms with van der Waals surface area (Å²) in [5, 5.41) is 0.579. The van der Waals surface area contributed by atoms with Gasteiger partial charge < -0.3 is 10.3 Å². The van der Waals surface area contributed by atoms with Crippen LogP contribution in [0.2, 0.25) is 0 Å². The number of aryl methyl sites for hydroxylation is 2. The molecular weight excluding hydrogens is 312 g/mol. The lowest BCUT2D eigenvalue weighted by atomic mass is 10.3. The monoisotopic (exact) mass is 322 g/mol. The Morgan fingerprint density at radius 1 is 1.33 bits per heavy atom. The van der Waals surface area contributed by atoms with Crippen LogP contribution in [-0.4, -0.2) is 14.5 Å². The molecule has 0 saturated heterocycles. The van der Waals surface area contributed by atoms with E-state index in [0.29, 0.717) is 5.13 Å². The molecule has 0 saturated carbocycles. The first-order valence-electron chi connectivity index (χ1n) is 5.41. The highest BCUT2D eigenvalue weighted by atomic mass is 79.9. The summed E-state index contributed by atoms with van der Waals surface area (Å²) in [5.74, 6) is 0.912. The molecular formula is C12H11BrN4S. The molecule has 0 fully saturated rings. The van der Waals surface area contributed by atoms with Gasteiger partial charge in [-0.05, 0) is 25.1 Å². The minimum absolute atomic E-state index is 0.579. The van der Waals surface area contributed by atoms with E-state index in [2.05, 4.69) is 36.5 Å². The molecule has 4 nitrogen and oxygen atoms in total. The second-order valence-electron chi connectivity index (χ2n) is 4.09. The van der Waals surface area contributed by atoms with E-state index in [9.17, 15) is 0 Å². The SMILES string of the molecule is Cc1nc(N)sc1-c1nc2cc(Br)ccc2n1C. The molecule has 6 heteroatoms. The van der Waals surface area contributed by atoms with Gasteiger partial charge in [-0.25, -0.2) is 9.97 Å². The van der Waals surface area contributed by atoms with Gasteiger partial charge in [0.05, 0.1) is 21.6 Å². The van der Waals surface area contributed by atoms with Crippen molar-refractivity contribution in [3.05, 3.63) is 28.4 Å². The second-order valence-corrected chi connectivity index (χ2v) is 6.04. The van der Waals surface area contributed by atoms with E-state index < -0.39 is 0 Å². The van der Waals surface area contributed by atoms with Gasteiger partial charge in [0.1, 0.15) is 0 Å². The summed E-state index contributed by atoms with van der Waals surface area (Å²) < 4.78 is 3.10. The second kappa shape index (κ2) is 4.07. The molecule has 1 aromatic carbocycles. The number of halogens is 1. The van der Waals surface area contributed by atoms with Crippen LogP contribution in [0.15, 0.2) is 22.7 Å². The number of nitrogen functional groups attached to an aromatic ring is 1. The van der Waals surface area contributed by atoms with Crippen molar-refractivity contribution in [3.8, 4) is 10.7 Å². The summed E-state index contributed by atoms with van der Waals surface area (Å²) in [7, 11) is 2.01. The van der Waals surface area contributed by atoms with Crippen LogP contribution >= 0.6 is 27.3 Å². The van der Waals surface area contributed by atoms with Gasteiger partial charge in [0.2, 0.25) is 0 Å². The fourth-order valence-electron chi connectivity index (χ4n) is 2.00. The molecule has 0 spiro atoms. The molecule has 3 aromatic rings. The highest BCUT2D eigenvalue weighted by Crippen LogP contribution is 2.32. The Labute approximate surface area is 117 Å². The van der Waals surface area contributed by atoms with Crippen LogP contribution in [0.25, 0.3) is 21.7 Å². The number of nitrogens with two attached hydrogens (primary N) is 1. The van der Waals surface area contributed by atoms with Crippen molar-refractivity contribution in [1.82, 2.24) is 14.5 Å². The molecule has 0 aliphatic rings. The average Bonchev–Trinajstić information content (AvgIpc) is 2.79. The van der Waals surface area contributed by atoms with Crippen LogP contribution in [0, 0.1) is 6.92 Å². The molecule has 0 radical (unpaired) electrons. The molecule has 0 bridgehead atoms. The first kappa shape index (κ1) is 11.7. The third kappa shape index (κ3) is 1.72. The molecule has 3 rings (SSSR count). The van der Waals surface area contributed by atoms with E-state index >= 15 is 0 Å². The topological polar surface area (TPSA) is 56.7 Å². The molecule has 0 atom stereocenters. The van der Waals surface area contributed by atoms with Crippen molar-refractivity contribution in [2.24, 2.45) is 7.05 Å². The zero-order valence-corrected chi connectivity index (χ0v) is 12.3. The number of anilines is 1. The predicted octanol–water partition coefficient (Wildman–Crippen LogP) is 3.35. The Kier molecular flexibility index (Phi) is 2.64. The van der Waals surface area contributed by atoms with E-state index in [0.717, 1.165) is 31.9 Å².